The first-order chi connectivity index (χ1) is 13.0. The van der Waals surface area contributed by atoms with Gasteiger partial charge in [-0.2, -0.15) is 5.10 Å². The first kappa shape index (κ1) is 17.3. The molecule has 0 aromatic carbocycles. The van der Waals surface area contributed by atoms with E-state index in [1.54, 1.807) is 15.4 Å². The van der Waals surface area contributed by atoms with Gasteiger partial charge in [0, 0.05) is 44.8 Å². The second-order valence-electron chi connectivity index (χ2n) is 7.21. The van der Waals surface area contributed by atoms with Gasteiger partial charge < -0.3 is 15.5 Å². The number of imidazole rings is 1. The van der Waals surface area contributed by atoms with Gasteiger partial charge in [-0.1, -0.05) is 13.8 Å². The fourth-order valence-corrected chi connectivity index (χ4v) is 3.39. The van der Waals surface area contributed by atoms with Crippen molar-refractivity contribution in [2.24, 2.45) is 7.05 Å². The number of likely N-dealkylation sites (tertiary alicyclic amines) is 1. The molecule has 27 heavy (non-hydrogen) atoms. The Labute approximate surface area is 157 Å². The number of carbonyl (C=O) groups is 1. The Morgan fingerprint density at radius 2 is 2.15 bits per heavy atom. The van der Waals surface area contributed by atoms with Crippen LogP contribution in [-0.2, 0) is 7.05 Å². The number of amides is 2. The Balaban J connectivity index is 1.38. The van der Waals surface area contributed by atoms with Crippen molar-refractivity contribution in [3.63, 3.8) is 0 Å². The van der Waals surface area contributed by atoms with Crippen molar-refractivity contribution in [1.82, 2.24) is 29.3 Å². The molecule has 4 heterocycles. The van der Waals surface area contributed by atoms with E-state index in [-0.39, 0.29) is 18.0 Å². The number of fused-ring (bicyclic) bond motifs is 1. The molecule has 4 rings (SSSR count). The molecular formula is C18H24N8O. The smallest absolute Gasteiger partial charge is 0.322 e. The van der Waals surface area contributed by atoms with E-state index in [0.717, 1.165) is 29.3 Å². The molecule has 2 amide bonds. The van der Waals surface area contributed by atoms with Crippen molar-refractivity contribution < 1.29 is 4.79 Å². The number of rotatable bonds is 4. The number of nitrogens with one attached hydrogen (secondary N) is 2. The van der Waals surface area contributed by atoms with E-state index in [2.05, 4.69) is 39.7 Å². The van der Waals surface area contributed by atoms with Gasteiger partial charge >= 0.3 is 6.03 Å². The number of anilines is 2. The third-order valence-corrected chi connectivity index (χ3v) is 4.73. The number of nitrogens with zero attached hydrogens (tertiary/aromatic N) is 6. The molecule has 0 spiro atoms. The van der Waals surface area contributed by atoms with E-state index < -0.39 is 0 Å². The summed E-state index contributed by atoms with van der Waals surface area (Å²) in [5.41, 5.74) is 2.49. The molecule has 1 fully saturated rings. The first-order valence-corrected chi connectivity index (χ1v) is 9.16. The molecule has 1 aliphatic rings. The summed E-state index contributed by atoms with van der Waals surface area (Å²) < 4.78 is 3.47. The SMILES string of the molecule is CC(C)c1nn(C)cc1NC(=O)N1CCC(Nc2ccc3nccn3n2)C1. The summed E-state index contributed by atoms with van der Waals surface area (Å²) in [6.45, 7) is 5.47. The molecule has 0 saturated carbocycles. The number of aryl methyl sites for hydroxylation is 1. The molecule has 9 nitrogen and oxygen atoms in total. The molecule has 1 aliphatic heterocycles. The third kappa shape index (κ3) is 3.57. The maximum atomic E-state index is 12.7. The average Bonchev–Trinajstić information content (AvgIpc) is 3.34. The highest BCUT2D eigenvalue weighted by Gasteiger charge is 2.27. The summed E-state index contributed by atoms with van der Waals surface area (Å²) in [5.74, 6) is 1.03. The molecule has 3 aromatic rings. The maximum Gasteiger partial charge on any atom is 0.322 e. The zero-order valence-electron chi connectivity index (χ0n) is 15.8. The summed E-state index contributed by atoms with van der Waals surface area (Å²) in [7, 11) is 1.86. The van der Waals surface area contributed by atoms with Gasteiger partial charge in [0.2, 0.25) is 0 Å². The number of urea groups is 1. The number of hydrogen-bond donors (Lipinski definition) is 2. The highest BCUT2D eigenvalue weighted by molar-refractivity contribution is 5.90. The fraction of sp³-hybridized carbons (Fsp3) is 0.444. The topological polar surface area (TPSA) is 92.4 Å². The minimum atomic E-state index is -0.0905. The normalized spacial score (nSPS) is 17.0. The summed E-state index contributed by atoms with van der Waals surface area (Å²) in [5, 5.41) is 15.3. The number of hydrogen-bond acceptors (Lipinski definition) is 5. The minimum Gasteiger partial charge on any atom is -0.364 e. The van der Waals surface area contributed by atoms with E-state index >= 15 is 0 Å². The molecule has 1 unspecified atom stereocenters. The van der Waals surface area contributed by atoms with Crippen LogP contribution in [0.15, 0.2) is 30.7 Å². The van der Waals surface area contributed by atoms with Gasteiger partial charge in [0.25, 0.3) is 0 Å². The lowest BCUT2D eigenvalue weighted by Gasteiger charge is -2.18. The average molecular weight is 368 g/mol. The van der Waals surface area contributed by atoms with Crippen LogP contribution in [0.1, 0.15) is 31.9 Å². The van der Waals surface area contributed by atoms with Crippen LogP contribution in [0.3, 0.4) is 0 Å². The Bertz CT molecular complexity index is 959. The van der Waals surface area contributed by atoms with Gasteiger partial charge in [0.05, 0.1) is 11.4 Å². The van der Waals surface area contributed by atoms with Crippen LogP contribution in [0.5, 0.6) is 0 Å². The Hall–Kier alpha value is -3.10. The molecule has 0 bridgehead atoms. The van der Waals surface area contributed by atoms with Crippen LogP contribution in [0, 0.1) is 0 Å². The van der Waals surface area contributed by atoms with E-state index in [0.29, 0.717) is 13.1 Å². The Morgan fingerprint density at radius 3 is 2.96 bits per heavy atom. The molecule has 0 radical (unpaired) electrons. The molecule has 2 N–H and O–H groups in total. The Morgan fingerprint density at radius 1 is 1.30 bits per heavy atom. The number of carbonyl (C=O) groups excluding carboxylic acids is 1. The Kier molecular flexibility index (Phi) is 4.43. The first-order valence-electron chi connectivity index (χ1n) is 9.16. The standard InChI is InChI=1S/C18H24N8O/c1-12(2)17-14(11-24(3)23-17)21-18(27)25-8-6-13(10-25)20-15-4-5-16-19-7-9-26(16)22-15/h4-5,7,9,11-13H,6,8,10H2,1-3H3,(H,20,22)(H,21,27). The summed E-state index contributed by atoms with van der Waals surface area (Å²) in [6, 6.07) is 3.91. The van der Waals surface area contributed by atoms with Crippen molar-refractivity contribution in [3.8, 4) is 0 Å². The summed E-state index contributed by atoms with van der Waals surface area (Å²) in [4.78, 5) is 18.7. The van der Waals surface area contributed by atoms with Crippen LogP contribution < -0.4 is 10.6 Å². The van der Waals surface area contributed by atoms with Crippen molar-refractivity contribution in [2.45, 2.75) is 32.2 Å². The predicted octanol–water partition coefficient (Wildman–Crippen LogP) is 2.30. The van der Waals surface area contributed by atoms with Crippen LogP contribution >= 0.6 is 0 Å². The lowest BCUT2D eigenvalue weighted by Crippen LogP contribution is -2.35. The zero-order valence-corrected chi connectivity index (χ0v) is 15.8. The fourth-order valence-electron chi connectivity index (χ4n) is 3.39. The molecular weight excluding hydrogens is 344 g/mol. The van der Waals surface area contributed by atoms with Crippen LogP contribution in [0.25, 0.3) is 5.65 Å². The second kappa shape index (κ2) is 6.90. The lowest BCUT2D eigenvalue weighted by atomic mass is 10.1. The van der Waals surface area contributed by atoms with Gasteiger partial charge in [-0.05, 0) is 24.5 Å². The molecule has 142 valence electrons. The monoisotopic (exact) mass is 368 g/mol. The van der Waals surface area contributed by atoms with Crippen molar-refractivity contribution in [1.29, 1.82) is 0 Å². The van der Waals surface area contributed by atoms with E-state index in [4.69, 9.17) is 0 Å². The van der Waals surface area contributed by atoms with Gasteiger partial charge in [-0.15, -0.1) is 5.10 Å². The van der Waals surface area contributed by atoms with Gasteiger partial charge in [-0.25, -0.2) is 14.3 Å². The quantitative estimate of drug-likeness (QED) is 0.737. The van der Waals surface area contributed by atoms with E-state index in [9.17, 15) is 4.79 Å². The van der Waals surface area contributed by atoms with E-state index in [1.165, 1.54) is 0 Å². The summed E-state index contributed by atoms with van der Waals surface area (Å²) in [6.07, 6.45) is 6.26. The van der Waals surface area contributed by atoms with Crippen molar-refractivity contribution >= 4 is 23.2 Å². The van der Waals surface area contributed by atoms with Gasteiger partial charge in [0.1, 0.15) is 5.82 Å². The lowest BCUT2D eigenvalue weighted by molar-refractivity contribution is 0.222. The molecule has 3 aromatic heterocycles. The largest absolute Gasteiger partial charge is 0.364 e. The second-order valence-corrected chi connectivity index (χ2v) is 7.21. The van der Waals surface area contributed by atoms with E-state index in [1.807, 2.05) is 36.5 Å². The third-order valence-electron chi connectivity index (χ3n) is 4.73. The molecule has 1 saturated heterocycles. The zero-order chi connectivity index (χ0) is 19.0. The van der Waals surface area contributed by atoms with Crippen LogP contribution in [-0.4, -0.2) is 54.4 Å². The summed E-state index contributed by atoms with van der Waals surface area (Å²) >= 11 is 0. The molecule has 9 heteroatoms. The van der Waals surface area contributed by atoms with Gasteiger partial charge in [0.15, 0.2) is 5.65 Å². The van der Waals surface area contributed by atoms with Crippen LogP contribution in [0.4, 0.5) is 16.3 Å². The predicted molar refractivity (Wildman–Crippen MR) is 103 cm³/mol. The van der Waals surface area contributed by atoms with Crippen molar-refractivity contribution in [3.05, 3.63) is 36.4 Å². The van der Waals surface area contributed by atoms with Crippen molar-refractivity contribution in [2.75, 3.05) is 23.7 Å². The highest BCUT2D eigenvalue weighted by Crippen LogP contribution is 2.23. The highest BCUT2D eigenvalue weighted by atomic mass is 16.2. The van der Waals surface area contributed by atoms with Crippen LogP contribution in [0.2, 0.25) is 0 Å². The maximum absolute atomic E-state index is 12.7. The molecule has 0 aliphatic carbocycles. The van der Waals surface area contributed by atoms with Gasteiger partial charge in [-0.3, -0.25) is 4.68 Å². The minimum absolute atomic E-state index is 0.0905. The molecule has 1 atom stereocenters. The number of aromatic nitrogens is 5.